The van der Waals surface area contributed by atoms with E-state index in [-0.39, 0.29) is 17.8 Å². The minimum absolute atomic E-state index is 0.0935. The van der Waals surface area contributed by atoms with Crippen LogP contribution in [0.3, 0.4) is 0 Å². The molecule has 0 saturated heterocycles. The third kappa shape index (κ3) is 4.84. The van der Waals surface area contributed by atoms with Crippen LogP contribution in [0.4, 0.5) is 11.4 Å². The summed E-state index contributed by atoms with van der Waals surface area (Å²) >= 11 is 1.35. The molecule has 7 nitrogen and oxygen atoms in total. The van der Waals surface area contributed by atoms with Crippen molar-refractivity contribution in [1.82, 2.24) is 5.32 Å². The van der Waals surface area contributed by atoms with Crippen molar-refractivity contribution in [2.75, 3.05) is 18.1 Å². The molecule has 0 aliphatic rings. The van der Waals surface area contributed by atoms with Crippen LogP contribution in [0.25, 0.3) is 0 Å². The fourth-order valence-electron chi connectivity index (χ4n) is 2.13. The van der Waals surface area contributed by atoms with Crippen molar-refractivity contribution in [2.24, 2.45) is 0 Å². The van der Waals surface area contributed by atoms with Gasteiger partial charge in [0.05, 0.1) is 11.5 Å². The molecule has 0 aliphatic heterocycles. The zero-order chi connectivity index (χ0) is 19.1. The molecular weight excluding hydrogens is 354 g/mol. The van der Waals surface area contributed by atoms with E-state index in [2.05, 4.69) is 16.6 Å². The summed E-state index contributed by atoms with van der Waals surface area (Å²) in [5, 5.41) is 16.1. The van der Waals surface area contributed by atoms with Crippen molar-refractivity contribution in [2.45, 2.75) is 4.90 Å². The monoisotopic (exact) mass is 369 g/mol. The largest absolute Gasteiger partial charge is 0.343 e. The van der Waals surface area contributed by atoms with Crippen molar-refractivity contribution >= 4 is 35.0 Å². The van der Waals surface area contributed by atoms with Crippen LogP contribution in [0.1, 0.15) is 15.9 Å². The Morgan fingerprint density at radius 3 is 2.69 bits per heavy atom. The lowest BCUT2D eigenvalue weighted by Gasteiger charge is -2.08. The molecule has 26 heavy (non-hydrogen) atoms. The van der Waals surface area contributed by atoms with Gasteiger partial charge in [0, 0.05) is 22.2 Å². The van der Waals surface area contributed by atoms with Gasteiger partial charge < -0.3 is 10.6 Å². The lowest BCUT2D eigenvalue weighted by Crippen LogP contribution is -2.33. The molecule has 0 aromatic heterocycles. The molecule has 2 amide bonds. The van der Waals surface area contributed by atoms with E-state index < -0.39 is 16.7 Å². The van der Waals surface area contributed by atoms with Crippen LogP contribution in [0.2, 0.25) is 0 Å². The smallest absolute Gasteiger partial charge is 0.282 e. The number of hydrogen-bond acceptors (Lipinski definition) is 5. The number of nitro benzene ring substituents is 1. The van der Waals surface area contributed by atoms with Gasteiger partial charge >= 0.3 is 0 Å². The van der Waals surface area contributed by atoms with Crippen LogP contribution in [0, 0.1) is 22.5 Å². The van der Waals surface area contributed by atoms with Crippen molar-refractivity contribution in [3.8, 4) is 12.3 Å². The predicted octanol–water partition coefficient (Wildman–Crippen LogP) is 2.67. The number of rotatable bonds is 6. The number of anilines is 1. The van der Waals surface area contributed by atoms with E-state index in [1.807, 2.05) is 0 Å². The molecule has 8 heteroatoms. The molecule has 2 rings (SSSR count). The van der Waals surface area contributed by atoms with Crippen LogP contribution >= 0.6 is 11.8 Å². The van der Waals surface area contributed by atoms with Crippen molar-refractivity contribution < 1.29 is 14.5 Å². The second kappa shape index (κ2) is 8.69. The molecule has 0 saturated carbocycles. The van der Waals surface area contributed by atoms with Crippen molar-refractivity contribution in [3.63, 3.8) is 0 Å². The highest BCUT2D eigenvalue weighted by molar-refractivity contribution is 7.98. The van der Waals surface area contributed by atoms with Gasteiger partial charge in [-0.15, -0.1) is 18.2 Å². The van der Waals surface area contributed by atoms with Crippen LogP contribution in [0.15, 0.2) is 47.4 Å². The molecule has 0 bridgehead atoms. The second-order valence-electron chi connectivity index (χ2n) is 5.10. The average Bonchev–Trinajstić information content (AvgIpc) is 2.65. The Bertz CT molecular complexity index is 906. The first-order valence-corrected chi connectivity index (χ1v) is 8.64. The Hall–Kier alpha value is -3.31. The van der Waals surface area contributed by atoms with E-state index in [1.165, 1.54) is 23.9 Å². The number of terminal acetylenes is 1. The Morgan fingerprint density at radius 1 is 1.27 bits per heavy atom. The van der Waals surface area contributed by atoms with Gasteiger partial charge in [0.15, 0.2) is 0 Å². The summed E-state index contributed by atoms with van der Waals surface area (Å²) in [6, 6.07) is 10.9. The Balaban J connectivity index is 2.05. The standard InChI is InChI=1S/C18H15N3O4S/c1-3-12-5-4-6-13(9-12)20-17(22)11-19-18(23)15-10-14(26-2)7-8-16(15)21(24)25/h1,4-10H,11H2,2H3,(H,19,23)(H,20,22). The predicted molar refractivity (Wildman–Crippen MR) is 100 cm³/mol. The van der Waals surface area contributed by atoms with Gasteiger partial charge in [-0.3, -0.25) is 19.7 Å². The van der Waals surface area contributed by atoms with Crippen molar-refractivity contribution in [1.29, 1.82) is 0 Å². The maximum Gasteiger partial charge on any atom is 0.282 e. The highest BCUT2D eigenvalue weighted by atomic mass is 32.2. The van der Waals surface area contributed by atoms with E-state index in [9.17, 15) is 19.7 Å². The van der Waals surface area contributed by atoms with Gasteiger partial charge in [-0.1, -0.05) is 12.0 Å². The maximum atomic E-state index is 12.3. The molecule has 2 aromatic carbocycles. The summed E-state index contributed by atoms with van der Waals surface area (Å²) in [5.74, 6) is 1.28. The molecule has 0 spiro atoms. The van der Waals surface area contributed by atoms with Crippen LogP contribution in [-0.2, 0) is 4.79 Å². The van der Waals surface area contributed by atoms with Gasteiger partial charge in [-0.05, 0) is 36.6 Å². The summed E-state index contributed by atoms with van der Waals surface area (Å²) in [6.45, 7) is -0.334. The van der Waals surface area contributed by atoms with Gasteiger partial charge in [-0.25, -0.2) is 0 Å². The van der Waals surface area contributed by atoms with Crippen LogP contribution in [-0.4, -0.2) is 29.5 Å². The van der Waals surface area contributed by atoms with Gasteiger partial charge in [0.2, 0.25) is 5.91 Å². The minimum Gasteiger partial charge on any atom is -0.343 e. The molecule has 0 unspecified atom stereocenters. The number of thioether (sulfide) groups is 1. The molecule has 0 aliphatic carbocycles. The molecule has 0 heterocycles. The number of carbonyl (C=O) groups is 2. The quantitative estimate of drug-likeness (QED) is 0.353. The fraction of sp³-hybridized carbons (Fsp3) is 0.111. The third-order valence-electron chi connectivity index (χ3n) is 3.37. The number of benzene rings is 2. The van der Waals surface area contributed by atoms with E-state index in [0.717, 1.165) is 0 Å². The molecule has 2 N–H and O–H groups in total. The average molecular weight is 369 g/mol. The minimum atomic E-state index is -0.694. The number of amides is 2. The number of nitrogens with zero attached hydrogens (tertiary/aromatic N) is 1. The first kappa shape index (κ1) is 19.0. The van der Waals surface area contributed by atoms with Gasteiger partial charge in [0.25, 0.3) is 11.6 Å². The normalized spacial score (nSPS) is 9.85. The first-order valence-electron chi connectivity index (χ1n) is 7.41. The SMILES string of the molecule is C#Cc1cccc(NC(=O)CNC(=O)c2cc(SC)ccc2[N+](=O)[O-])c1. The van der Waals surface area contributed by atoms with E-state index in [4.69, 9.17) is 6.42 Å². The van der Waals surface area contributed by atoms with E-state index in [0.29, 0.717) is 16.1 Å². The Kier molecular flexibility index (Phi) is 6.36. The Morgan fingerprint density at radius 2 is 2.04 bits per heavy atom. The second-order valence-corrected chi connectivity index (χ2v) is 5.98. The summed E-state index contributed by atoms with van der Waals surface area (Å²) < 4.78 is 0. The molecular formula is C18H15N3O4S. The third-order valence-corrected chi connectivity index (χ3v) is 4.09. The first-order chi connectivity index (χ1) is 12.4. The number of nitro groups is 1. The number of nitrogens with one attached hydrogen (secondary N) is 2. The van der Waals surface area contributed by atoms with Gasteiger partial charge in [0.1, 0.15) is 5.56 Å². The van der Waals surface area contributed by atoms with Crippen LogP contribution in [0.5, 0.6) is 0 Å². The molecule has 0 radical (unpaired) electrons. The zero-order valence-electron chi connectivity index (χ0n) is 13.8. The highest BCUT2D eigenvalue weighted by Crippen LogP contribution is 2.24. The topological polar surface area (TPSA) is 101 Å². The van der Waals surface area contributed by atoms with E-state index in [1.54, 1.807) is 36.6 Å². The van der Waals surface area contributed by atoms with Crippen molar-refractivity contribution in [3.05, 3.63) is 63.7 Å². The summed E-state index contributed by atoms with van der Waals surface area (Å²) in [6.07, 6.45) is 7.09. The summed E-state index contributed by atoms with van der Waals surface area (Å²) in [4.78, 5) is 35.4. The Labute approximate surface area is 154 Å². The number of carbonyl (C=O) groups excluding carboxylic acids is 2. The molecule has 132 valence electrons. The number of hydrogen-bond donors (Lipinski definition) is 2. The highest BCUT2D eigenvalue weighted by Gasteiger charge is 2.21. The molecule has 0 fully saturated rings. The lowest BCUT2D eigenvalue weighted by molar-refractivity contribution is -0.385. The maximum absolute atomic E-state index is 12.3. The van der Waals surface area contributed by atoms with E-state index >= 15 is 0 Å². The lowest BCUT2D eigenvalue weighted by atomic mass is 10.1. The fourth-order valence-corrected chi connectivity index (χ4v) is 2.57. The van der Waals surface area contributed by atoms with Gasteiger partial charge in [-0.2, -0.15) is 0 Å². The molecule has 0 atom stereocenters. The van der Waals surface area contributed by atoms with Crippen LogP contribution < -0.4 is 10.6 Å². The zero-order valence-corrected chi connectivity index (χ0v) is 14.6. The summed E-state index contributed by atoms with van der Waals surface area (Å²) in [7, 11) is 0. The summed E-state index contributed by atoms with van der Waals surface area (Å²) in [5.41, 5.74) is 0.692. The molecule has 2 aromatic rings.